The molecule has 1 aromatic heterocycles. The van der Waals surface area contributed by atoms with Crippen molar-refractivity contribution in [2.75, 3.05) is 18.0 Å². The monoisotopic (exact) mass is 297 g/mol. The Kier molecular flexibility index (Phi) is 4.01. The van der Waals surface area contributed by atoms with Gasteiger partial charge in [0.05, 0.1) is 11.6 Å². The summed E-state index contributed by atoms with van der Waals surface area (Å²) in [6, 6.07) is 10.5. The lowest BCUT2D eigenvalue weighted by molar-refractivity contribution is -0.119. The molecule has 2 heterocycles. The van der Waals surface area contributed by atoms with E-state index in [0.29, 0.717) is 11.8 Å². The molecule has 1 N–H and O–H groups in total. The molecular formula is C18H23N3O. The Bertz CT molecular complexity index is 678. The first-order valence-corrected chi connectivity index (χ1v) is 7.92. The van der Waals surface area contributed by atoms with Crippen LogP contribution in [0.3, 0.4) is 0 Å². The van der Waals surface area contributed by atoms with Crippen molar-refractivity contribution in [3.05, 3.63) is 36.5 Å². The second kappa shape index (κ2) is 5.95. The van der Waals surface area contributed by atoms with Crippen molar-refractivity contribution in [2.45, 2.75) is 26.8 Å². The fraction of sp³-hybridized carbons (Fsp3) is 0.444. The van der Waals surface area contributed by atoms with E-state index < -0.39 is 0 Å². The summed E-state index contributed by atoms with van der Waals surface area (Å²) in [6.45, 7) is 7.89. The highest BCUT2D eigenvalue weighted by Gasteiger charge is 2.35. The van der Waals surface area contributed by atoms with Crippen LogP contribution in [0.2, 0.25) is 0 Å². The predicted molar refractivity (Wildman–Crippen MR) is 89.9 cm³/mol. The third-order valence-corrected chi connectivity index (χ3v) is 4.58. The van der Waals surface area contributed by atoms with Crippen LogP contribution in [0.25, 0.3) is 10.9 Å². The van der Waals surface area contributed by atoms with Crippen LogP contribution >= 0.6 is 0 Å². The number of benzene rings is 1. The van der Waals surface area contributed by atoms with Crippen LogP contribution in [-0.2, 0) is 4.79 Å². The minimum absolute atomic E-state index is 0.0529. The number of carbonyl (C=O) groups is 1. The number of para-hydroxylation sites is 1. The zero-order chi connectivity index (χ0) is 15.7. The Morgan fingerprint density at radius 2 is 2.05 bits per heavy atom. The van der Waals surface area contributed by atoms with Crippen LogP contribution in [0.15, 0.2) is 36.5 Å². The lowest BCUT2D eigenvalue weighted by Gasteiger charge is -2.21. The number of amides is 1. The molecule has 4 heteroatoms. The van der Waals surface area contributed by atoms with E-state index in [1.165, 1.54) is 11.1 Å². The van der Waals surface area contributed by atoms with Crippen LogP contribution in [0, 0.1) is 11.8 Å². The van der Waals surface area contributed by atoms with Gasteiger partial charge in [0.25, 0.3) is 0 Å². The highest BCUT2D eigenvalue weighted by Crippen LogP contribution is 2.32. The number of rotatable bonds is 3. The molecule has 1 aliphatic rings. The SMILES string of the molecule is CC(=O)N[C@@H]1CN(c2ccnc3ccccc23)C[C@H]1C(C)C. The number of hydrogen-bond acceptors (Lipinski definition) is 3. The maximum absolute atomic E-state index is 11.5. The number of carbonyl (C=O) groups excluding carboxylic acids is 1. The molecule has 0 aliphatic carbocycles. The van der Waals surface area contributed by atoms with Crippen molar-refractivity contribution in [1.82, 2.24) is 10.3 Å². The van der Waals surface area contributed by atoms with Gasteiger partial charge in [-0.1, -0.05) is 32.0 Å². The number of aromatic nitrogens is 1. The van der Waals surface area contributed by atoms with Gasteiger partial charge in [0.1, 0.15) is 0 Å². The Balaban J connectivity index is 1.93. The van der Waals surface area contributed by atoms with Gasteiger partial charge in [-0.2, -0.15) is 0 Å². The Hall–Kier alpha value is -2.10. The maximum atomic E-state index is 11.5. The second-order valence-electron chi connectivity index (χ2n) is 6.47. The van der Waals surface area contributed by atoms with E-state index in [9.17, 15) is 4.79 Å². The topological polar surface area (TPSA) is 45.2 Å². The molecular weight excluding hydrogens is 274 g/mol. The minimum atomic E-state index is 0.0529. The van der Waals surface area contributed by atoms with Crippen LogP contribution < -0.4 is 10.2 Å². The quantitative estimate of drug-likeness (QED) is 0.947. The van der Waals surface area contributed by atoms with E-state index >= 15 is 0 Å². The average Bonchev–Trinajstić information content (AvgIpc) is 2.89. The minimum Gasteiger partial charge on any atom is -0.369 e. The first-order valence-electron chi connectivity index (χ1n) is 7.92. The van der Waals surface area contributed by atoms with Crippen molar-refractivity contribution in [2.24, 2.45) is 11.8 Å². The van der Waals surface area contributed by atoms with Crippen LogP contribution in [-0.4, -0.2) is 30.0 Å². The molecule has 1 aromatic carbocycles. The fourth-order valence-corrected chi connectivity index (χ4v) is 3.47. The third kappa shape index (κ3) is 2.78. The smallest absolute Gasteiger partial charge is 0.217 e. The molecule has 2 atom stereocenters. The normalized spacial score (nSPS) is 21.5. The molecule has 1 saturated heterocycles. The number of hydrogen-bond donors (Lipinski definition) is 1. The summed E-state index contributed by atoms with van der Waals surface area (Å²) in [5.74, 6) is 1.06. The molecule has 116 valence electrons. The number of anilines is 1. The number of fused-ring (bicyclic) bond motifs is 1. The lowest BCUT2D eigenvalue weighted by Crippen LogP contribution is -2.40. The van der Waals surface area contributed by atoms with Gasteiger partial charge in [0, 0.05) is 43.2 Å². The standard InChI is InChI=1S/C18H23N3O/c1-12(2)15-10-21(11-17(15)20-13(3)22)18-8-9-19-16-7-5-4-6-14(16)18/h4-9,12,15,17H,10-11H2,1-3H3,(H,20,22)/t15-,17+/m0/s1. The van der Waals surface area contributed by atoms with Gasteiger partial charge in [0.15, 0.2) is 0 Å². The van der Waals surface area contributed by atoms with Gasteiger partial charge < -0.3 is 10.2 Å². The lowest BCUT2D eigenvalue weighted by atomic mass is 9.91. The van der Waals surface area contributed by atoms with E-state index in [4.69, 9.17) is 0 Å². The van der Waals surface area contributed by atoms with Crippen molar-refractivity contribution >= 4 is 22.5 Å². The van der Waals surface area contributed by atoms with Gasteiger partial charge in [-0.25, -0.2) is 0 Å². The number of nitrogens with one attached hydrogen (secondary N) is 1. The highest BCUT2D eigenvalue weighted by molar-refractivity contribution is 5.91. The Labute approximate surface area is 131 Å². The molecule has 2 aromatic rings. The van der Waals surface area contributed by atoms with Crippen molar-refractivity contribution in [3.8, 4) is 0 Å². The molecule has 0 unspecified atom stereocenters. The molecule has 0 bridgehead atoms. The number of nitrogens with zero attached hydrogens (tertiary/aromatic N) is 2. The van der Waals surface area contributed by atoms with Crippen LogP contribution in [0.4, 0.5) is 5.69 Å². The van der Waals surface area contributed by atoms with Gasteiger partial charge >= 0.3 is 0 Å². The molecule has 4 nitrogen and oxygen atoms in total. The molecule has 1 aliphatic heterocycles. The summed E-state index contributed by atoms with van der Waals surface area (Å²) in [5.41, 5.74) is 2.23. The van der Waals surface area contributed by atoms with Gasteiger partial charge in [-0.05, 0) is 18.1 Å². The molecule has 0 saturated carbocycles. The summed E-state index contributed by atoms with van der Waals surface area (Å²) < 4.78 is 0. The summed E-state index contributed by atoms with van der Waals surface area (Å²) in [4.78, 5) is 18.3. The van der Waals surface area contributed by atoms with Crippen molar-refractivity contribution < 1.29 is 4.79 Å². The van der Waals surface area contributed by atoms with Crippen molar-refractivity contribution in [1.29, 1.82) is 0 Å². The third-order valence-electron chi connectivity index (χ3n) is 4.58. The first kappa shape index (κ1) is 14.8. The van der Waals surface area contributed by atoms with E-state index in [1.807, 2.05) is 18.3 Å². The van der Waals surface area contributed by atoms with Gasteiger partial charge in [0.2, 0.25) is 5.91 Å². The van der Waals surface area contributed by atoms with Gasteiger partial charge in [-0.15, -0.1) is 0 Å². The summed E-state index contributed by atoms with van der Waals surface area (Å²) in [7, 11) is 0. The van der Waals surface area contributed by atoms with Crippen LogP contribution in [0.1, 0.15) is 20.8 Å². The molecule has 0 spiro atoms. The first-order chi connectivity index (χ1) is 10.6. The zero-order valence-corrected chi connectivity index (χ0v) is 13.4. The molecule has 1 amide bonds. The molecule has 1 fully saturated rings. The average molecular weight is 297 g/mol. The van der Waals surface area contributed by atoms with E-state index in [-0.39, 0.29) is 11.9 Å². The fourth-order valence-electron chi connectivity index (χ4n) is 3.47. The van der Waals surface area contributed by atoms with Crippen LogP contribution in [0.5, 0.6) is 0 Å². The molecule has 0 radical (unpaired) electrons. The zero-order valence-electron chi connectivity index (χ0n) is 13.4. The van der Waals surface area contributed by atoms with Crippen molar-refractivity contribution in [3.63, 3.8) is 0 Å². The summed E-state index contributed by atoms with van der Waals surface area (Å²) >= 11 is 0. The van der Waals surface area contributed by atoms with E-state index in [1.54, 1.807) is 6.92 Å². The highest BCUT2D eigenvalue weighted by atomic mass is 16.1. The molecule has 22 heavy (non-hydrogen) atoms. The second-order valence-corrected chi connectivity index (χ2v) is 6.47. The Morgan fingerprint density at radius 1 is 1.27 bits per heavy atom. The van der Waals surface area contributed by atoms with E-state index in [0.717, 1.165) is 18.6 Å². The molecule has 3 rings (SSSR count). The summed E-state index contributed by atoms with van der Waals surface area (Å²) in [5, 5.41) is 4.30. The Morgan fingerprint density at radius 3 is 2.77 bits per heavy atom. The maximum Gasteiger partial charge on any atom is 0.217 e. The number of pyridine rings is 1. The predicted octanol–water partition coefficient (Wildman–Crippen LogP) is 2.83. The van der Waals surface area contributed by atoms with Gasteiger partial charge in [-0.3, -0.25) is 9.78 Å². The van der Waals surface area contributed by atoms with E-state index in [2.05, 4.69) is 47.2 Å². The summed E-state index contributed by atoms with van der Waals surface area (Å²) in [6.07, 6.45) is 1.87. The largest absolute Gasteiger partial charge is 0.369 e.